The van der Waals surface area contributed by atoms with Crippen LogP contribution in [0.2, 0.25) is 0 Å². The predicted octanol–water partition coefficient (Wildman–Crippen LogP) is 3.71. The molecule has 0 atom stereocenters. The summed E-state index contributed by atoms with van der Waals surface area (Å²) in [6.07, 6.45) is 6.26. The minimum Gasteiger partial charge on any atom is -0.462 e. The number of hydrogen-bond acceptors (Lipinski definition) is 3. The van der Waals surface area contributed by atoms with Crippen LogP contribution in [0.3, 0.4) is 0 Å². The molecule has 0 saturated heterocycles. The van der Waals surface area contributed by atoms with E-state index in [4.69, 9.17) is 4.74 Å². The molecule has 0 N–H and O–H groups in total. The van der Waals surface area contributed by atoms with Crippen molar-refractivity contribution in [1.82, 2.24) is 0 Å². The van der Waals surface area contributed by atoms with Gasteiger partial charge in [-0.1, -0.05) is 25.3 Å². The van der Waals surface area contributed by atoms with Gasteiger partial charge in [-0.15, -0.1) is 12.6 Å². The topological polar surface area (TPSA) is 26.3 Å². The van der Waals surface area contributed by atoms with Crippen molar-refractivity contribution in [1.29, 1.82) is 0 Å². The van der Waals surface area contributed by atoms with Crippen LogP contribution >= 0.6 is 12.6 Å². The maximum atomic E-state index is 11.8. The molecule has 1 aromatic carbocycles. The second-order valence-corrected chi connectivity index (χ2v) is 5.17. The summed E-state index contributed by atoms with van der Waals surface area (Å²) in [6.45, 7) is 0.565. The summed E-state index contributed by atoms with van der Waals surface area (Å²) in [7, 11) is 0. The van der Waals surface area contributed by atoms with Crippen LogP contribution in [-0.4, -0.2) is 12.6 Å². The number of carbonyl (C=O) groups is 1. The zero-order valence-corrected chi connectivity index (χ0v) is 10.8. The third kappa shape index (κ3) is 3.77. The molecule has 1 fully saturated rings. The Bertz CT molecular complexity index is 384. The SMILES string of the molecule is O=C(OCC1CCCCC1)c1cccc(S)c1. The number of benzene rings is 1. The number of carbonyl (C=O) groups excluding carboxylic acids is 1. The van der Waals surface area contributed by atoms with Crippen molar-refractivity contribution in [3.63, 3.8) is 0 Å². The van der Waals surface area contributed by atoms with E-state index in [0.717, 1.165) is 4.90 Å². The van der Waals surface area contributed by atoms with Gasteiger partial charge in [0.15, 0.2) is 0 Å². The quantitative estimate of drug-likeness (QED) is 0.654. The molecule has 17 heavy (non-hydrogen) atoms. The summed E-state index contributed by atoms with van der Waals surface area (Å²) < 4.78 is 5.35. The van der Waals surface area contributed by atoms with Crippen LogP contribution in [0.25, 0.3) is 0 Å². The fourth-order valence-corrected chi connectivity index (χ4v) is 2.49. The molecule has 1 saturated carbocycles. The molecule has 0 radical (unpaired) electrons. The Balaban J connectivity index is 1.84. The molecule has 0 aromatic heterocycles. The first-order chi connectivity index (χ1) is 8.25. The highest BCUT2D eigenvalue weighted by Crippen LogP contribution is 2.24. The molecular weight excluding hydrogens is 232 g/mol. The molecule has 92 valence electrons. The monoisotopic (exact) mass is 250 g/mol. The number of ether oxygens (including phenoxy) is 1. The van der Waals surface area contributed by atoms with Crippen molar-refractivity contribution < 1.29 is 9.53 Å². The minimum absolute atomic E-state index is 0.230. The summed E-state index contributed by atoms with van der Waals surface area (Å²) in [6, 6.07) is 7.18. The molecule has 0 amide bonds. The molecule has 3 heteroatoms. The van der Waals surface area contributed by atoms with Gasteiger partial charge in [-0.2, -0.15) is 0 Å². The third-order valence-corrected chi connectivity index (χ3v) is 3.53. The van der Waals surface area contributed by atoms with Crippen molar-refractivity contribution in [3.05, 3.63) is 29.8 Å². The lowest BCUT2D eigenvalue weighted by molar-refractivity contribution is 0.0410. The van der Waals surface area contributed by atoms with E-state index >= 15 is 0 Å². The Kier molecular flexibility index (Phi) is 4.49. The molecule has 1 aliphatic rings. The highest BCUT2D eigenvalue weighted by atomic mass is 32.1. The first-order valence-corrected chi connectivity index (χ1v) is 6.66. The lowest BCUT2D eigenvalue weighted by Gasteiger charge is -2.21. The maximum absolute atomic E-state index is 11.8. The average molecular weight is 250 g/mol. The average Bonchev–Trinajstić information content (AvgIpc) is 2.37. The standard InChI is InChI=1S/C14H18O2S/c15-14(12-7-4-8-13(17)9-12)16-10-11-5-2-1-3-6-11/h4,7-9,11,17H,1-3,5-6,10H2. The van der Waals surface area contributed by atoms with Crippen molar-refractivity contribution in [2.75, 3.05) is 6.61 Å². The van der Waals surface area contributed by atoms with Crippen LogP contribution in [0.4, 0.5) is 0 Å². The van der Waals surface area contributed by atoms with E-state index in [1.54, 1.807) is 12.1 Å². The van der Waals surface area contributed by atoms with Crippen molar-refractivity contribution in [3.8, 4) is 0 Å². The normalized spacial score (nSPS) is 16.8. The number of esters is 1. The fraction of sp³-hybridized carbons (Fsp3) is 0.500. The molecule has 2 nitrogen and oxygen atoms in total. The van der Waals surface area contributed by atoms with Crippen molar-refractivity contribution >= 4 is 18.6 Å². The highest BCUT2D eigenvalue weighted by Gasteiger charge is 2.16. The van der Waals surface area contributed by atoms with Crippen molar-refractivity contribution in [2.45, 2.75) is 37.0 Å². The van der Waals surface area contributed by atoms with Gasteiger partial charge in [0.2, 0.25) is 0 Å². The van der Waals surface area contributed by atoms with Crippen LogP contribution < -0.4 is 0 Å². The third-order valence-electron chi connectivity index (χ3n) is 3.26. The maximum Gasteiger partial charge on any atom is 0.338 e. The number of hydrogen-bond donors (Lipinski definition) is 1. The van der Waals surface area contributed by atoms with Gasteiger partial charge in [-0.25, -0.2) is 4.79 Å². The predicted molar refractivity (Wildman–Crippen MR) is 70.6 cm³/mol. The van der Waals surface area contributed by atoms with Crippen LogP contribution in [-0.2, 0) is 4.74 Å². The smallest absolute Gasteiger partial charge is 0.338 e. The first kappa shape index (κ1) is 12.5. The Morgan fingerprint density at radius 3 is 2.76 bits per heavy atom. The largest absolute Gasteiger partial charge is 0.462 e. The number of thiol groups is 1. The van der Waals surface area contributed by atoms with E-state index in [2.05, 4.69) is 12.6 Å². The van der Waals surface area contributed by atoms with Gasteiger partial charge in [-0.05, 0) is 37.0 Å². The second kappa shape index (κ2) is 6.10. The van der Waals surface area contributed by atoms with E-state index in [-0.39, 0.29) is 5.97 Å². The Morgan fingerprint density at radius 2 is 2.06 bits per heavy atom. The van der Waals surface area contributed by atoms with Crippen LogP contribution in [0, 0.1) is 5.92 Å². The van der Waals surface area contributed by atoms with Crippen LogP contribution in [0.1, 0.15) is 42.5 Å². The minimum atomic E-state index is -0.230. The van der Waals surface area contributed by atoms with E-state index in [0.29, 0.717) is 18.1 Å². The molecule has 0 heterocycles. The lowest BCUT2D eigenvalue weighted by Crippen LogP contribution is -2.16. The van der Waals surface area contributed by atoms with E-state index in [1.807, 2.05) is 12.1 Å². The van der Waals surface area contributed by atoms with Gasteiger partial charge in [0.25, 0.3) is 0 Å². The Labute approximate surface area is 108 Å². The summed E-state index contributed by atoms with van der Waals surface area (Å²) in [5.74, 6) is 0.332. The fourth-order valence-electron chi connectivity index (χ4n) is 2.26. The molecule has 0 bridgehead atoms. The van der Waals surface area contributed by atoms with Gasteiger partial charge in [-0.3, -0.25) is 0 Å². The molecule has 1 aromatic rings. The van der Waals surface area contributed by atoms with Gasteiger partial charge < -0.3 is 4.74 Å². The lowest BCUT2D eigenvalue weighted by atomic mass is 9.90. The van der Waals surface area contributed by atoms with E-state index in [9.17, 15) is 4.79 Å². The summed E-state index contributed by atoms with van der Waals surface area (Å²) in [5, 5.41) is 0. The molecule has 2 rings (SSSR count). The Morgan fingerprint density at radius 1 is 1.29 bits per heavy atom. The van der Waals surface area contributed by atoms with Gasteiger partial charge in [0.05, 0.1) is 12.2 Å². The molecule has 0 aliphatic heterocycles. The summed E-state index contributed by atoms with van der Waals surface area (Å²) >= 11 is 4.21. The van der Waals surface area contributed by atoms with Crippen LogP contribution in [0.15, 0.2) is 29.2 Å². The van der Waals surface area contributed by atoms with Gasteiger partial charge in [0.1, 0.15) is 0 Å². The Hall–Kier alpha value is -0.960. The molecule has 0 unspecified atom stereocenters. The second-order valence-electron chi connectivity index (χ2n) is 4.65. The summed E-state index contributed by atoms with van der Waals surface area (Å²) in [4.78, 5) is 12.6. The van der Waals surface area contributed by atoms with Crippen molar-refractivity contribution in [2.24, 2.45) is 5.92 Å². The van der Waals surface area contributed by atoms with E-state index in [1.165, 1.54) is 32.1 Å². The molecule has 0 spiro atoms. The highest BCUT2D eigenvalue weighted by molar-refractivity contribution is 7.80. The van der Waals surface area contributed by atoms with Crippen LogP contribution in [0.5, 0.6) is 0 Å². The molecular formula is C14H18O2S. The first-order valence-electron chi connectivity index (χ1n) is 6.22. The zero-order chi connectivity index (χ0) is 12.1. The van der Waals surface area contributed by atoms with Gasteiger partial charge >= 0.3 is 5.97 Å². The number of rotatable bonds is 3. The van der Waals surface area contributed by atoms with Gasteiger partial charge in [0, 0.05) is 4.90 Å². The summed E-state index contributed by atoms with van der Waals surface area (Å²) in [5.41, 5.74) is 0.591. The zero-order valence-electron chi connectivity index (χ0n) is 9.89. The van der Waals surface area contributed by atoms with E-state index < -0.39 is 0 Å². The molecule has 1 aliphatic carbocycles.